The van der Waals surface area contributed by atoms with Crippen LogP contribution in [0.1, 0.15) is 12.6 Å². The summed E-state index contributed by atoms with van der Waals surface area (Å²) in [7, 11) is 0. The molecule has 5 heteroatoms. The Labute approximate surface area is 144 Å². The van der Waals surface area contributed by atoms with Gasteiger partial charge in [-0.2, -0.15) is 5.10 Å². The van der Waals surface area contributed by atoms with E-state index in [1.165, 1.54) is 0 Å². The van der Waals surface area contributed by atoms with E-state index >= 15 is 0 Å². The van der Waals surface area contributed by atoms with Gasteiger partial charge < -0.3 is 0 Å². The highest BCUT2D eigenvalue weighted by molar-refractivity contribution is 6.29. The van der Waals surface area contributed by atoms with Crippen molar-refractivity contribution in [1.82, 2.24) is 19.6 Å². The molecule has 0 N–H and O–H groups in total. The van der Waals surface area contributed by atoms with Gasteiger partial charge in [0.05, 0.1) is 11.9 Å². The van der Waals surface area contributed by atoms with Crippen LogP contribution in [0.5, 0.6) is 0 Å². The zero-order chi connectivity index (χ0) is 16.5. The molecule has 0 saturated carbocycles. The van der Waals surface area contributed by atoms with E-state index in [2.05, 4.69) is 22.0 Å². The summed E-state index contributed by atoms with van der Waals surface area (Å²) in [6, 6.07) is 16.0. The highest BCUT2D eigenvalue weighted by Gasteiger charge is 2.12. The number of fused-ring (bicyclic) bond motifs is 1. The first-order valence-electron chi connectivity index (χ1n) is 7.81. The molecule has 4 aromatic rings. The summed E-state index contributed by atoms with van der Waals surface area (Å²) in [6.07, 6.45) is 4.51. The van der Waals surface area contributed by atoms with E-state index in [0.29, 0.717) is 5.15 Å². The molecule has 0 saturated heterocycles. The van der Waals surface area contributed by atoms with E-state index in [4.69, 9.17) is 11.6 Å². The molecule has 118 valence electrons. The topological polar surface area (TPSA) is 43.1 Å². The van der Waals surface area contributed by atoms with E-state index < -0.39 is 0 Å². The molecule has 0 unspecified atom stereocenters. The van der Waals surface area contributed by atoms with Crippen LogP contribution >= 0.6 is 11.6 Å². The zero-order valence-corrected chi connectivity index (χ0v) is 13.9. The summed E-state index contributed by atoms with van der Waals surface area (Å²) in [5.41, 5.74) is 5.73. The van der Waals surface area contributed by atoms with Gasteiger partial charge >= 0.3 is 0 Å². The smallest absolute Gasteiger partial charge is 0.164 e. The Morgan fingerprint density at radius 1 is 1.00 bits per heavy atom. The van der Waals surface area contributed by atoms with Crippen LogP contribution in [0, 0.1) is 0 Å². The molecule has 3 aromatic heterocycles. The Bertz CT molecular complexity index is 991. The van der Waals surface area contributed by atoms with Crippen LogP contribution in [0.3, 0.4) is 0 Å². The minimum absolute atomic E-state index is 0.481. The van der Waals surface area contributed by atoms with Gasteiger partial charge in [0.2, 0.25) is 0 Å². The van der Waals surface area contributed by atoms with Crippen LogP contribution in [-0.4, -0.2) is 19.6 Å². The summed E-state index contributed by atoms with van der Waals surface area (Å²) in [5, 5.41) is 4.94. The molecule has 0 radical (unpaired) electrons. The molecule has 4 nitrogen and oxygen atoms in total. The zero-order valence-electron chi connectivity index (χ0n) is 13.1. The normalized spacial score (nSPS) is 11.1. The van der Waals surface area contributed by atoms with Gasteiger partial charge in [0.25, 0.3) is 0 Å². The fourth-order valence-electron chi connectivity index (χ4n) is 2.78. The summed E-state index contributed by atoms with van der Waals surface area (Å²) >= 11 is 6.16. The third-order valence-corrected chi connectivity index (χ3v) is 4.21. The highest BCUT2D eigenvalue weighted by Crippen LogP contribution is 2.26. The van der Waals surface area contributed by atoms with E-state index in [1.54, 1.807) is 0 Å². The maximum Gasteiger partial charge on any atom is 0.164 e. The molecule has 0 spiro atoms. The average molecular weight is 335 g/mol. The predicted octanol–water partition coefficient (Wildman–Crippen LogP) is 4.67. The van der Waals surface area contributed by atoms with Crippen molar-refractivity contribution in [3.8, 4) is 22.4 Å². The third kappa shape index (κ3) is 2.55. The van der Waals surface area contributed by atoms with E-state index in [9.17, 15) is 0 Å². The maximum atomic E-state index is 6.16. The van der Waals surface area contributed by atoms with Crippen molar-refractivity contribution in [3.05, 3.63) is 71.8 Å². The van der Waals surface area contributed by atoms with Gasteiger partial charge in [0.1, 0.15) is 5.15 Å². The second kappa shape index (κ2) is 6.06. The molecular formula is C19H15ClN4. The Hall–Kier alpha value is -2.72. The minimum atomic E-state index is 0.481. The van der Waals surface area contributed by atoms with Gasteiger partial charge in [-0.1, -0.05) is 54.9 Å². The minimum Gasteiger partial charge on any atom is -0.256 e. The molecule has 24 heavy (non-hydrogen) atoms. The van der Waals surface area contributed by atoms with E-state index in [1.807, 2.05) is 65.4 Å². The quantitative estimate of drug-likeness (QED) is 0.511. The van der Waals surface area contributed by atoms with Crippen LogP contribution in [-0.2, 0) is 6.42 Å². The lowest BCUT2D eigenvalue weighted by Crippen LogP contribution is -1.99. The first-order chi connectivity index (χ1) is 11.8. The molecule has 0 amide bonds. The first-order valence-corrected chi connectivity index (χ1v) is 8.19. The van der Waals surface area contributed by atoms with Crippen LogP contribution in [0.25, 0.3) is 28.0 Å². The largest absolute Gasteiger partial charge is 0.256 e. The van der Waals surface area contributed by atoms with Crippen molar-refractivity contribution in [1.29, 1.82) is 0 Å². The van der Waals surface area contributed by atoms with Gasteiger partial charge in [0, 0.05) is 28.6 Å². The second-order valence-electron chi connectivity index (χ2n) is 5.52. The van der Waals surface area contributed by atoms with Crippen LogP contribution < -0.4 is 0 Å². The number of nitrogens with zero attached hydrogens (tertiary/aromatic N) is 4. The number of aryl methyl sites for hydroxylation is 1. The lowest BCUT2D eigenvalue weighted by molar-refractivity contribution is 0.850. The Morgan fingerprint density at radius 3 is 2.54 bits per heavy atom. The lowest BCUT2D eigenvalue weighted by Gasteiger charge is -2.05. The summed E-state index contributed by atoms with van der Waals surface area (Å²) in [6.45, 7) is 2.07. The third-order valence-electron chi connectivity index (χ3n) is 4.02. The molecule has 0 fully saturated rings. The molecular weight excluding hydrogens is 320 g/mol. The number of hydrogen-bond donors (Lipinski definition) is 0. The maximum absolute atomic E-state index is 6.16. The summed E-state index contributed by atoms with van der Waals surface area (Å²) in [5.74, 6) is 0. The Morgan fingerprint density at radius 2 is 1.83 bits per heavy atom. The van der Waals surface area contributed by atoms with E-state index in [0.717, 1.165) is 40.1 Å². The number of hydrogen-bond acceptors (Lipinski definition) is 3. The molecule has 4 rings (SSSR count). The van der Waals surface area contributed by atoms with Crippen molar-refractivity contribution in [2.75, 3.05) is 0 Å². The number of halogens is 1. The highest BCUT2D eigenvalue weighted by atomic mass is 35.5. The molecule has 0 bridgehead atoms. The number of pyridine rings is 1. The summed E-state index contributed by atoms with van der Waals surface area (Å²) in [4.78, 5) is 9.02. The van der Waals surface area contributed by atoms with Gasteiger partial charge in [-0.3, -0.25) is 4.98 Å². The van der Waals surface area contributed by atoms with Crippen molar-refractivity contribution in [2.24, 2.45) is 0 Å². The SMILES string of the molecule is CCc1cc(Cl)nc2c(-c3ccc(-c4ccccc4)nc3)cnn12. The Kier molecular flexibility index (Phi) is 3.75. The fourth-order valence-corrected chi connectivity index (χ4v) is 2.99. The summed E-state index contributed by atoms with van der Waals surface area (Å²) < 4.78 is 1.84. The van der Waals surface area contributed by atoms with Gasteiger partial charge in [0.15, 0.2) is 5.65 Å². The molecule has 0 aliphatic heterocycles. The first kappa shape index (κ1) is 14.8. The molecule has 0 aliphatic carbocycles. The standard InChI is InChI=1S/C19H15ClN4/c1-2-15-10-18(20)23-19-16(12-22-24(15)19)14-8-9-17(21-11-14)13-6-4-3-5-7-13/h3-12H,2H2,1H3. The molecule has 1 aromatic carbocycles. The number of aromatic nitrogens is 4. The van der Waals surface area contributed by atoms with Crippen molar-refractivity contribution in [3.63, 3.8) is 0 Å². The number of benzene rings is 1. The van der Waals surface area contributed by atoms with Crippen LogP contribution in [0.2, 0.25) is 5.15 Å². The van der Waals surface area contributed by atoms with Crippen LogP contribution in [0.4, 0.5) is 0 Å². The second-order valence-corrected chi connectivity index (χ2v) is 5.90. The van der Waals surface area contributed by atoms with Crippen LogP contribution in [0.15, 0.2) is 60.9 Å². The van der Waals surface area contributed by atoms with Gasteiger partial charge in [-0.05, 0) is 18.6 Å². The van der Waals surface area contributed by atoms with Crippen molar-refractivity contribution in [2.45, 2.75) is 13.3 Å². The average Bonchev–Trinajstić information content (AvgIpc) is 3.05. The number of rotatable bonds is 3. The molecule has 3 heterocycles. The van der Waals surface area contributed by atoms with Crippen molar-refractivity contribution >= 4 is 17.2 Å². The van der Waals surface area contributed by atoms with Gasteiger partial charge in [-0.25, -0.2) is 9.50 Å². The molecule has 0 atom stereocenters. The Balaban J connectivity index is 1.79. The van der Waals surface area contributed by atoms with E-state index in [-0.39, 0.29) is 0 Å². The monoisotopic (exact) mass is 334 g/mol. The van der Waals surface area contributed by atoms with Gasteiger partial charge in [-0.15, -0.1) is 0 Å². The fraction of sp³-hybridized carbons (Fsp3) is 0.105. The van der Waals surface area contributed by atoms with Crippen molar-refractivity contribution < 1.29 is 0 Å². The molecule has 0 aliphatic rings. The predicted molar refractivity (Wildman–Crippen MR) is 96.0 cm³/mol. The lowest BCUT2D eigenvalue weighted by atomic mass is 10.1.